The minimum absolute atomic E-state index is 0.591. The van der Waals surface area contributed by atoms with Gasteiger partial charge in [-0.3, -0.25) is 15.0 Å². The highest BCUT2D eigenvalue weighted by Gasteiger charge is 2.17. The minimum Gasteiger partial charge on any atom is -0.308 e. The predicted octanol–water partition coefficient (Wildman–Crippen LogP) is 3.79. The van der Waals surface area contributed by atoms with Crippen molar-refractivity contribution in [3.8, 4) is 11.1 Å². The molecule has 2 aromatic heterocycles. The maximum absolute atomic E-state index is 4.55. The number of piperidine rings is 2. The van der Waals surface area contributed by atoms with Crippen LogP contribution in [0.25, 0.3) is 22.0 Å². The lowest BCUT2D eigenvalue weighted by molar-refractivity contribution is 0.220. The van der Waals surface area contributed by atoms with Crippen LogP contribution in [-0.2, 0) is 13.1 Å². The predicted molar refractivity (Wildman–Crippen MR) is 126 cm³/mol. The molecule has 3 aromatic rings. The first-order chi connectivity index (χ1) is 15.2. The number of rotatable bonds is 6. The molecule has 2 saturated heterocycles. The number of aromatic amines is 1. The second-order valence-electron chi connectivity index (χ2n) is 9.31. The molecule has 5 rings (SSSR count). The lowest BCUT2D eigenvalue weighted by atomic mass is 10.0. The third-order valence-electron chi connectivity index (χ3n) is 6.90. The van der Waals surface area contributed by atoms with E-state index in [9.17, 15) is 0 Å². The lowest BCUT2D eigenvalue weighted by Gasteiger charge is -2.29. The summed E-state index contributed by atoms with van der Waals surface area (Å²) in [5.74, 6) is 0. The van der Waals surface area contributed by atoms with Crippen LogP contribution < -0.4 is 5.32 Å². The molecule has 0 amide bonds. The number of nitrogens with one attached hydrogen (secondary N) is 2. The van der Waals surface area contributed by atoms with Gasteiger partial charge in [0.2, 0.25) is 0 Å². The Kier molecular flexibility index (Phi) is 6.30. The SMILES string of the molecule is CN1CCC(NCc2[nH]nc3ccc(-c4cncc(CN5CCCCC5)c4)cc23)CC1. The fourth-order valence-corrected chi connectivity index (χ4v) is 4.94. The smallest absolute Gasteiger partial charge is 0.0924 e. The first kappa shape index (κ1) is 20.6. The highest BCUT2D eigenvalue weighted by molar-refractivity contribution is 5.86. The van der Waals surface area contributed by atoms with E-state index in [-0.39, 0.29) is 0 Å². The average Bonchev–Trinajstić information content (AvgIpc) is 3.22. The fraction of sp³-hybridized carbons (Fsp3) is 0.520. The normalized spacial score (nSPS) is 19.3. The molecule has 1 aromatic carbocycles. The van der Waals surface area contributed by atoms with Crippen LogP contribution in [0.1, 0.15) is 43.4 Å². The summed E-state index contributed by atoms with van der Waals surface area (Å²) < 4.78 is 0. The van der Waals surface area contributed by atoms with Crippen molar-refractivity contribution < 1.29 is 0 Å². The lowest BCUT2D eigenvalue weighted by Crippen LogP contribution is -2.40. The number of benzene rings is 1. The van der Waals surface area contributed by atoms with E-state index in [2.05, 4.69) is 61.6 Å². The molecule has 0 spiro atoms. The molecule has 2 fully saturated rings. The Bertz CT molecular complexity index is 998. The molecule has 6 nitrogen and oxygen atoms in total. The summed E-state index contributed by atoms with van der Waals surface area (Å²) in [5, 5.41) is 12.7. The van der Waals surface area contributed by atoms with Crippen LogP contribution in [0.15, 0.2) is 36.7 Å². The van der Waals surface area contributed by atoms with Crippen molar-refractivity contribution in [2.24, 2.45) is 0 Å². The van der Waals surface area contributed by atoms with E-state index in [4.69, 9.17) is 0 Å². The highest BCUT2D eigenvalue weighted by Crippen LogP contribution is 2.26. The second kappa shape index (κ2) is 9.47. The summed E-state index contributed by atoms with van der Waals surface area (Å²) >= 11 is 0. The van der Waals surface area contributed by atoms with Crippen molar-refractivity contribution >= 4 is 10.9 Å². The van der Waals surface area contributed by atoms with Gasteiger partial charge in [-0.1, -0.05) is 12.5 Å². The highest BCUT2D eigenvalue weighted by atomic mass is 15.1. The number of likely N-dealkylation sites (tertiary alicyclic amines) is 2. The molecule has 0 unspecified atom stereocenters. The van der Waals surface area contributed by atoms with Gasteiger partial charge in [-0.05, 0) is 88.2 Å². The third kappa shape index (κ3) is 4.97. The standard InChI is InChI=1S/C25H34N6/c1-30-11-7-22(8-12-30)27-17-25-23-14-20(5-6-24(23)28-29-25)21-13-19(15-26-16-21)18-31-9-3-2-4-10-31/h5-6,13-16,22,27H,2-4,7-12,17-18H2,1H3,(H,28,29). The van der Waals surface area contributed by atoms with Crippen LogP contribution >= 0.6 is 0 Å². The van der Waals surface area contributed by atoms with Crippen LogP contribution in [-0.4, -0.2) is 64.2 Å². The third-order valence-corrected chi connectivity index (χ3v) is 6.90. The number of H-pyrrole nitrogens is 1. The van der Waals surface area contributed by atoms with E-state index in [1.54, 1.807) is 0 Å². The number of nitrogens with zero attached hydrogens (tertiary/aromatic N) is 4. The van der Waals surface area contributed by atoms with Gasteiger partial charge in [0.1, 0.15) is 0 Å². The van der Waals surface area contributed by atoms with Gasteiger partial charge in [0.15, 0.2) is 0 Å². The maximum Gasteiger partial charge on any atom is 0.0924 e. The molecule has 2 aliphatic heterocycles. The number of aromatic nitrogens is 3. The molecule has 0 saturated carbocycles. The summed E-state index contributed by atoms with van der Waals surface area (Å²) in [6, 6.07) is 9.45. The first-order valence-electron chi connectivity index (χ1n) is 11.8. The zero-order valence-electron chi connectivity index (χ0n) is 18.6. The molecule has 2 N–H and O–H groups in total. The van der Waals surface area contributed by atoms with Crippen molar-refractivity contribution in [1.82, 2.24) is 30.3 Å². The van der Waals surface area contributed by atoms with E-state index in [1.165, 1.54) is 86.1 Å². The topological polar surface area (TPSA) is 60.1 Å². The van der Waals surface area contributed by atoms with Crippen LogP contribution in [0, 0.1) is 0 Å². The molecule has 4 heterocycles. The van der Waals surface area contributed by atoms with E-state index in [1.807, 2.05) is 12.4 Å². The largest absolute Gasteiger partial charge is 0.308 e. The molecule has 0 atom stereocenters. The van der Waals surface area contributed by atoms with Gasteiger partial charge in [-0.25, -0.2) is 0 Å². The van der Waals surface area contributed by atoms with Gasteiger partial charge in [0, 0.05) is 42.5 Å². The molecule has 0 radical (unpaired) electrons. The van der Waals surface area contributed by atoms with E-state index in [0.717, 1.165) is 18.6 Å². The minimum atomic E-state index is 0.591. The Labute approximate surface area is 185 Å². The molecular formula is C25H34N6. The maximum atomic E-state index is 4.55. The first-order valence-corrected chi connectivity index (χ1v) is 11.8. The Morgan fingerprint density at radius 3 is 2.68 bits per heavy atom. The van der Waals surface area contributed by atoms with Crippen molar-refractivity contribution in [2.45, 2.75) is 51.2 Å². The molecule has 31 heavy (non-hydrogen) atoms. The summed E-state index contributed by atoms with van der Waals surface area (Å²) in [7, 11) is 2.20. The number of hydrogen-bond donors (Lipinski definition) is 2. The monoisotopic (exact) mass is 418 g/mol. The van der Waals surface area contributed by atoms with Gasteiger partial charge in [-0.15, -0.1) is 0 Å². The molecule has 164 valence electrons. The fourth-order valence-electron chi connectivity index (χ4n) is 4.94. The molecule has 2 aliphatic rings. The van der Waals surface area contributed by atoms with Gasteiger partial charge < -0.3 is 10.2 Å². The Balaban J connectivity index is 1.31. The number of fused-ring (bicyclic) bond motifs is 1. The Morgan fingerprint density at radius 2 is 1.84 bits per heavy atom. The summed E-state index contributed by atoms with van der Waals surface area (Å²) in [4.78, 5) is 9.51. The van der Waals surface area contributed by atoms with Crippen LogP contribution in [0.2, 0.25) is 0 Å². The molecular weight excluding hydrogens is 384 g/mol. The Hall–Kier alpha value is -2.28. The van der Waals surface area contributed by atoms with E-state index in [0.29, 0.717) is 6.04 Å². The van der Waals surface area contributed by atoms with Crippen molar-refractivity contribution in [1.29, 1.82) is 0 Å². The van der Waals surface area contributed by atoms with Crippen molar-refractivity contribution in [2.75, 3.05) is 33.2 Å². The summed E-state index contributed by atoms with van der Waals surface area (Å²) in [6.07, 6.45) is 10.4. The second-order valence-corrected chi connectivity index (χ2v) is 9.31. The van der Waals surface area contributed by atoms with Crippen LogP contribution in [0.5, 0.6) is 0 Å². The number of pyridine rings is 1. The van der Waals surface area contributed by atoms with E-state index < -0.39 is 0 Å². The van der Waals surface area contributed by atoms with Gasteiger partial charge in [0.25, 0.3) is 0 Å². The molecule has 0 aliphatic carbocycles. The molecule has 0 bridgehead atoms. The zero-order chi connectivity index (χ0) is 21.0. The summed E-state index contributed by atoms with van der Waals surface area (Å²) in [6.45, 7) is 6.60. The Morgan fingerprint density at radius 1 is 1.00 bits per heavy atom. The van der Waals surface area contributed by atoms with Crippen LogP contribution in [0.4, 0.5) is 0 Å². The summed E-state index contributed by atoms with van der Waals surface area (Å²) in [5.41, 5.74) is 5.90. The molecule has 6 heteroatoms. The quantitative estimate of drug-likeness (QED) is 0.638. The van der Waals surface area contributed by atoms with Gasteiger partial charge >= 0.3 is 0 Å². The van der Waals surface area contributed by atoms with Crippen molar-refractivity contribution in [3.05, 3.63) is 47.9 Å². The average molecular weight is 419 g/mol. The van der Waals surface area contributed by atoms with Gasteiger partial charge in [0.05, 0.1) is 11.2 Å². The van der Waals surface area contributed by atoms with Gasteiger partial charge in [-0.2, -0.15) is 5.10 Å². The van der Waals surface area contributed by atoms with E-state index >= 15 is 0 Å². The van der Waals surface area contributed by atoms with Crippen LogP contribution in [0.3, 0.4) is 0 Å². The number of hydrogen-bond acceptors (Lipinski definition) is 5. The van der Waals surface area contributed by atoms with Crippen molar-refractivity contribution in [3.63, 3.8) is 0 Å². The zero-order valence-corrected chi connectivity index (χ0v) is 18.6.